The summed E-state index contributed by atoms with van der Waals surface area (Å²) in [6.45, 7) is 4.16. The summed E-state index contributed by atoms with van der Waals surface area (Å²) in [5, 5.41) is 11.1. The molecule has 0 unspecified atom stereocenters. The Bertz CT molecular complexity index is 61.1. The second-order valence-electron chi connectivity index (χ2n) is 1.22. The third-order valence-electron chi connectivity index (χ3n) is 0.627. The Kier molecular flexibility index (Phi) is 3.42. The zero-order valence-electron chi connectivity index (χ0n) is 4.72. The average molecular weight is 100 g/mol. The maximum Gasteiger partial charge on any atom is 0.00226 e. The van der Waals surface area contributed by atoms with Crippen LogP contribution in [0, 0.1) is 5.21 Å². The van der Waals surface area contributed by atoms with Gasteiger partial charge >= 0.3 is 0 Å². The van der Waals surface area contributed by atoms with Gasteiger partial charge in [0.1, 0.15) is 0 Å². The summed E-state index contributed by atoms with van der Waals surface area (Å²) in [6, 6.07) is 0. The summed E-state index contributed by atoms with van der Waals surface area (Å²) in [5.41, 5.74) is 0. The van der Waals surface area contributed by atoms with Gasteiger partial charge in [0.2, 0.25) is 0 Å². The average Bonchev–Trinajstić information content (AvgIpc) is 1.68. The van der Waals surface area contributed by atoms with Gasteiger partial charge in [-0.2, -0.15) is 0 Å². The lowest BCUT2D eigenvalue weighted by atomic mass is 10.6. The molecule has 0 N–H and O–H groups in total. The van der Waals surface area contributed by atoms with E-state index >= 15 is 0 Å². The van der Waals surface area contributed by atoms with E-state index in [0.29, 0.717) is 6.54 Å². The predicted molar refractivity (Wildman–Crippen MR) is 30.6 cm³/mol. The lowest BCUT2D eigenvalue weighted by Gasteiger charge is -2.22. The van der Waals surface area contributed by atoms with Crippen molar-refractivity contribution >= 4 is 0 Å². The van der Waals surface area contributed by atoms with Crippen molar-refractivity contribution in [2.75, 3.05) is 6.54 Å². The molecule has 0 aliphatic rings. The van der Waals surface area contributed by atoms with Crippen LogP contribution in [0.4, 0.5) is 0 Å². The molecule has 2 nitrogen and oxygen atoms in total. The van der Waals surface area contributed by atoms with Gasteiger partial charge in [0.25, 0.3) is 0 Å². The van der Waals surface area contributed by atoms with Crippen molar-refractivity contribution in [3.8, 4) is 0 Å². The first-order valence-corrected chi connectivity index (χ1v) is 2.37. The molecule has 0 radical (unpaired) electrons. The van der Waals surface area contributed by atoms with Crippen LogP contribution in [-0.4, -0.2) is 11.6 Å². The molecule has 0 bridgehead atoms. The van der Waals surface area contributed by atoms with Gasteiger partial charge in [-0.15, -0.1) is 0 Å². The van der Waals surface area contributed by atoms with E-state index in [1.807, 2.05) is 13.8 Å². The zero-order chi connectivity index (χ0) is 5.70. The third kappa shape index (κ3) is 3.33. The lowest BCUT2D eigenvalue weighted by molar-refractivity contribution is 0.539. The van der Waals surface area contributed by atoms with Gasteiger partial charge in [0, 0.05) is 6.54 Å². The van der Waals surface area contributed by atoms with Crippen molar-refractivity contribution < 1.29 is 0 Å². The van der Waals surface area contributed by atoms with Crippen molar-refractivity contribution in [3.05, 3.63) is 17.5 Å². The van der Waals surface area contributed by atoms with Crippen LogP contribution >= 0.6 is 0 Å². The maximum absolute atomic E-state index is 10.2. The molecule has 0 saturated carbocycles. The number of rotatable bonds is 2. The molecule has 42 valence electrons. The molecule has 0 aromatic heterocycles. The maximum atomic E-state index is 10.2. The van der Waals surface area contributed by atoms with Crippen molar-refractivity contribution in [2.45, 2.75) is 13.8 Å². The molecule has 0 saturated heterocycles. The van der Waals surface area contributed by atoms with E-state index in [4.69, 9.17) is 0 Å². The van der Waals surface area contributed by atoms with Crippen molar-refractivity contribution in [1.29, 1.82) is 0 Å². The van der Waals surface area contributed by atoms with Gasteiger partial charge in [-0.25, -0.2) is 0 Å². The highest BCUT2D eigenvalue weighted by Gasteiger charge is 1.68. The highest BCUT2D eigenvalue weighted by atomic mass is 16.5. The van der Waals surface area contributed by atoms with E-state index in [2.05, 4.69) is 0 Å². The fourth-order valence-corrected chi connectivity index (χ4v) is 0.272. The lowest BCUT2D eigenvalue weighted by Crippen LogP contribution is -2.04. The second-order valence-corrected chi connectivity index (χ2v) is 1.22. The molecule has 7 heavy (non-hydrogen) atoms. The Morgan fingerprint density at radius 3 is 2.43 bits per heavy atom. The molecule has 0 aromatic rings. The van der Waals surface area contributed by atoms with Gasteiger partial charge < -0.3 is 10.3 Å². The van der Waals surface area contributed by atoms with Gasteiger partial charge in [-0.3, -0.25) is 0 Å². The fraction of sp³-hybridized carbons (Fsp3) is 0.600. The fourth-order valence-electron chi connectivity index (χ4n) is 0.272. The Hall–Kier alpha value is -0.500. The minimum absolute atomic E-state index is 0.532. The minimum atomic E-state index is 0.532. The van der Waals surface area contributed by atoms with E-state index in [-0.39, 0.29) is 0 Å². The summed E-state index contributed by atoms with van der Waals surface area (Å²) in [7, 11) is 0. The number of allylic oxidation sites excluding steroid dienone is 1. The number of hydrogen-bond acceptors (Lipinski definition) is 2. The van der Waals surface area contributed by atoms with Gasteiger partial charge in [-0.1, -0.05) is 6.08 Å². The first-order chi connectivity index (χ1) is 3.31. The van der Waals surface area contributed by atoms with Crippen LogP contribution in [0.5, 0.6) is 0 Å². The summed E-state index contributed by atoms with van der Waals surface area (Å²) in [5.74, 6) is 0. The highest BCUT2D eigenvalue weighted by Crippen LogP contribution is 1.81. The first kappa shape index (κ1) is 6.50. The topological polar surface area (TPSA) is 26.3 Å². The summed E-state index contributed by atoms with van der Waals surface area (Å²) >= 11 is 0. The van der Waals surface area contributed by atoms with Crippen LogP contribution in [0.3, 0.4) is 0 Å². The van der Waals surface area contributed by atoms with Crippen molar-refractivity contribution in [3.63, 3.8) is 0 Å². The molecule has 2 heteroatoms. The molecule has 0 aliphatic heterocycles. The summed E-state index contributed by atoms with van der Waals surface area (Å²) in [4.78, 5) is 0. The van der Waals surface area contributed by atoms with Crippen LogP contribution < -0.4 is 0 Å². The van der Waals surface area contributed by atoms with Crippen LogP contribution in [0.1, 0.15) is 13.8 Å². The molecule has 0 aromatic carbocycles. The molecular formula is C5H10NO-. The Morgan fingerprint density at radius 1 is 1.71 bits per heavy atom. The molecule has 0 heterocycles. The Balaban J connectivity index is 3.16. The summed E-state index contributed by atoms with van der Waals surface area (Å²) in [6.07, 6.45) is 3.22. The SMILES string of the molecule is C/C=C/N([O-])CC. The normalized spacial score (nSPS) is 10.1. The van der Waals surface area contributed by atoms with Gasteiger partial charge in [-0.05, 0) is 20.0 Å². The monoisotopic (exact) mass is 100 g/mol. The van der Waals surface area contributed by atoms with E-state index in [9.17, 15) is 5.21 Å². The zero-order valence-corrected chi connectivity index (χ0v) is 4.72. The van der Waals surface area contributed by atoms with Gasteiger partial charge in [0.15, 0.2) is 0 Å². The van der Waals surface area contributed by atoms with E-state index in [1.54, 1.807) is 6.08 Å². The first-order valence-electron chi connectivity index (χ1n) is 2.37. The molecule has 0 rings (SSSR count). The molecule has 0 spiro atoms. The van der Waals surface area contributed by atoms with Crippen molar-refractivity contribution in [2.24, 2.45) is 0 Å². The van der Waals surface area contributed by atoms with E-state index < -0.39 is 0 Å². The largest absolute Gasteiger partial charge is 0.759 e. The van der Waals surface area contributed by atoms with E-state index in [0.717, 1.165) is 5.06 Å². The molecule has 0 amide bonds. The predicted octanol–water partition coefficient (Wildman–Crippen LogP) is 1.34. The standard InChI is InChI=1S/C5H10NO/c1-3-5-6(7)4-2/h3,5H,4H2,1-2H3/q-1/b5-3+. The molecule has 0 aliphatic carbocycles. The van der Waals surface area contributed by atoms with Crippen LogP contribution in [-0.2, 0) is 0 Å². The Morgan fingerprint density at radius 2 is 2.29 bits per heavy atom. The molecular weight excluding hydrogens is 90.1 g/mol. The summed E-state index contributed by atoms with van der Waals surface area (Å²) < 4.78 is 0. The smallest absolute Gasteiger partial charge is 0.00226 e. The number of hydrogen-bond donors (Lipinski definition) is 0. The van der Waals surface area contributed by atoms with Gasteiger partial charge in [0.05, 0.1) is 0 Å². The number of hydroxylamine groups is 2. The molecule has 0 atom stereocenters. The van der Waals surface area contributed by atoms with Crippen LogP contribution in [0.25, 0.3) is 0 Å². The minimum Gasteiger partial charge on any atom is -0.759 e. The highest BCUT2D eigenvalue weighted by molar-refractivity contribution is 4.77. The Labute approximate surface area is 44.0 Å². The van der Waals surface area contributed by atoms with Crippen LogP contribution in [0.2, 0.25) is 0 Å². The molecule has 0 fully saturated rings. The van der Waals surface area contributed by atoms with Crippen LogP contribution in [0.15, 0.2) is 12.3 Å². The van der Waals surface area contributed by atoms with Crippen molar-refractivity contribution in [1.82, 2.24) is 5.06 Å². The third-order valence-corrected chi connectivity index (χ3v) is 0.627. The number of nitrogens with zero attached hydrogens (tertiary/aromatic N) is 1. The van der Waals surface area contributed by atoms with E-state index in [1.165, 1.54) is 6.20 Å². The second kappa shape index (κ2) is 3.68. The quantitative estimate of drug-likeness (QED) is 0.489.